The predicted octanol–water partition coefficient (Wildman–Crippen LogP) is -0.779. The summed E-state index contributed by atoms with van der Waals surface area (Å²) in [6.45, 7) is 10.0. The van der Waals surface area contributed by atoms with Gasteiger partial charge in [0.05, 0.1) is 25.7 Å². The first-order chi connectivity index (χ1) is 10.2. The summed E-state index contributed by atoms with van der Waals surface area (Å²) in [5, 5.41) is 11.8. The molecule has 0 bridgehead atoms. The van der Waals surface area contributed by atoms with Crippen LogP contribution in [0.1, 0.15) is 20.8 Å². The fourth-order valence-corrected chi connectivity index (χ4v) is 3.33. The first kappa shape index (κ1) is 17.0. The summed E-state index contributed by atoms with van der Waals surface area (Å²) in [6.07, 6.45) is 0. The summed E-state index contributed by atoms with van der Waals surface area (Å²) in [4.78, 5) is 29.5. The van der Waals surface area contributed by atoms with Crippen molar-refractivity contribution in [3.05, 3.63) is 0 Å². The van der Waals surface area contributed by atoms with Gasteiger partial charge in [-0.1, -0.05) is 20.8 Å². The Morgan fingerprint density at radius 3 is 2.32 bits per heavy atom. The molecule has 0 aromatic heterocycles. The Morgan fingerprint density at radius 1 is 1.27 bits per heavy atom. The van der Waals surface area contributed by atoms with Crippen molar-refractivity contribution in [1.82, 2.24) is 14.7 Å². The third kappa shape index (κ3) is 2.79. The lowest BCUT2D eigenvalue weighted by atomic mass is 9.73. The smallest absolute Gasteiger partial charge is 0.320 e. The first-order valence-corrected chi connectivity index (χ1v) is 7.74. The van der Waals surface area contributed by atoms with Crippen LogP contribution in [-0.4, -0.2) is 85.2 Å². The predicted molar refractivity (Wildman–Crippen MR) is 79.2 cm³/mol. The van der Waals surface area contributed by atoms with E-state index in [2.05, 4.69) is 4.90 Å². The number of nitrogens with zero attached hydrogens (tertiary/aromatic N) is 3. The van der Waals surface area contributed by atoms with Crippen LogP contribution in [0.5, 0.6) is 0 Å². The topological polar surface area (TPSA) is 76.2 Å². The Kier molecular flexibility index (Phi) is 4.67. The molecule has 126 valence electrons. The number of aliphatic carboxylic acids is 1. The molecule has 0 saturated carbocycles. The average molecular weight is 312 g/mol. The van der Waals surface area contributed by atoms with Crippen molar-refractivity contribution in [2.75, 3.05) is 53.0 Å². The molecule has 2 aliphatic rings. The number of carbonyl (C=O) groups is 2. The van der Waals surface area contributed by atoms with Gasteiger partial charge in [-0.2, -0.15) is 0 Å². The molecule has 2 aliphatic heterocycles. The van der Waals surface area contributed by atoms with Crippen LogP contribution in [-0.2, 0) is 9.53 Å². The van der Waals surface area contributed by atoms with E-state index >= 15 is 0 Å². The van der Waals surface area contributed by atoms with Gasteiger partial charge in [-0.25, -0.2) is 4.79 Å². The highest BCUT2D eigenvalue weighted by Crippen LogP contribution is 2.40. The fourth-order valence-electron chi connectivity index (χ4n) is 3.33. The third-order valence-corrected chi connectivity index (χ3v) is 4.92. The van der Waals surface area contributed by atoms with Crippen LogP contribution >= 0.6 is 0 Å². The summed E-state index contributed by atoms with van der Waals surface area (Å²) in [7, 11) is 1.55. The second-order valence-electron chi connectivity index (χ2n) is 7.11. The molecule has 0 aromatic carbocycles. The van der Waals surface area contributed by atoms with Gasteiger partial charge in [0.15, 0.2) is 0 Å². The molecule has 0 radical (unpaired) electrons. The van der Waals surface area contributed by atoms with E-state index in [1.54, 1.807) is 11.9 Å². The van der Waals surface area contributed by atoms with Gasteiger partial charge in [0.2, 0.25) is 0 Å². The van der Waals surface area contributed by atoms with Crippen LogP contribution < -0.4 is 5.11 Å². The maximum Gasteiger partial charge on any atom is 0.320 e. The number of likely N-dealkylation sites (N-methyl/N-ethyl adjacent to an activating group) is 1. The number of carboxylic acids is 1. The molecular formula is C15H26N3O4-. The molecule has 0 aromatic rings. The average Bonchev–Trinajstić information content (AvgIpc) is 2.71. The normalized spacial score (nSPS) is 27.5. The fraction of sp³-hybridized carbons (Fsp3) is 0.867. The minimum Gasteiger partial charge on any atom is -0.547 e. The summed E-state index contributed by atoms with van der Waals surface area (Å²) >= 11 is 0. The second-order valence-corrected chi connectivity index (χ2v) is 7.11. The Balaban J connectivity index is 2.08. The molecule has 0 N–H and O–H groups in total. The molecule has 1 unspecified atom stereocenters. The van der Waals surface area contributed by atoms with Gasteiger partial charge in [-0.05, 0) is 5.41 Å². The van der Waals surface area contributed by atoms with Crippen molar-refractivity contribution in [3.63, 3.8) is 0 Å². The van der Waals surface area contributed by atoms with Gasteiger partial charge in [0.25, 0.3) is 0 Å². The Morgan fingerprint density at radius 2 is 1.86 bits per heavy atom. The van der Waals surface area contributed by atoms with Gasteiger partial charge < -0.3 is 24.4 Å². The molecule has 7 nitrogen and oxygen atoms in total. The number of carboxylic acid groups (broad SMARTS) is 1. The van der Waals surface area contributed by atoms with E-state index in [-0.39, 0.29) is 12.6 Å². The lowest BCUT2D eigenvalue weighted by molar-refractivity contribution is -0.321. The molecule has 7 heteroatoms. The lowest BCUT2D eigenvalue weighted by Crippen LogP contribution is -2.65. The molecular weight excluding hydrogens is 286 g/mol. The monoisotopic (exact) mass is 312 g/mol. The highest BCUT2D eigenvalue weighted by molar-refractivity contribution is 5.90. The third-order valence-electron chi connectivity index (χ3n) is 4.92. The Bertz CT molecular complexity index is 443. The van der Waals surface area contributed by atoms with Crippen LogP contribution in [0, 0.1) is 5.41 Å². The van der Waals surface area contributed by atoms with E-state index in [4.69, 9.17) is 4.74 Å². The molecule has 2 rings (SSSR count). The number of carbonyl (C=O) groups excluding carboxylic acids is 2. The van der Waals surface area contributed by atoms with Crippen LogP contribution in [0.25, 0.3) is 0 Å². The quantitative estimate of drug-likeness (QED) is 0.681. The van der Waals surface area contributed by atoms with Crippen molar-refractivity contribution in [2.24, 2.45) is 5.41 Å². The number of amides is 2. The van der Waals surface area contributed by atoms with E-state index in [1.165, 1.54) is 4.90 Å². The Labute approximate surface area is 131 Å². The number of morpholine rings is 1. The van der Waals surface area contributed by atoms with Gasteiger partial charge >= 0.3 is 6.03 Å². The molecule has 1 atom stereocenters. The first-order valence-electron chi connectivity index (χ1n) is 7.74. The minimum absolute atomic E-state index is 0.165. The molecule has 0 spiro atoms. The minimum atomic E-state index is -1.30. The van der Waals surface area contributed by atoms with E-state index in [0.29, 0.717) is 19.8 Å². The van der Waals surface area contributed by atoms with Crippen LogP contribution in [0.15, 0.2) is 0 Å². The summed E-state index contributed by atoms with van der Waals surface area (Å²) in [5.41, 5.74) is -1.90. The van der Waals surface area contributed by atoms with Crippen LogP contribution in [0.2, 0.25) is 0 Å². The van der Waals surface area contributed by atoms with Crippen LogP contribution in [0.4, 0.5) is 4.79 Å². The zero-order valence-corrected chi connectivity index (χ0v) is 13.9. The van der Waals surface area contributed by atoms with E-state index in [9.17, 15) is 14.7 Å². The molecule has 2 heterocycles. The highest BCUT2D eigenvalue weighted by atomic mass is 16.5. The zero-order valence-electron chi connectivity index (χ0n) is 13.9. The molecule has 0 aliphatic carbocycles. The van der Waals surface area contributed by atoms with E-state index < -0.39 is 16.9 Å². The highest BCUT2D eigenvalue weighted by Gasteiger charge is 2.55. The van der Waals surface area contributed by atoms with E-state index in [0.717, 1.165) is 19.6 Å². The largest absolute Gasteiger partial charge is 0.547 e. The summed E-state index contributed by atoms with van der Waals surface area (Å²) in [5.74, 6) is -1.19. The van der Waals surface area contributed by atoms with Gasteiger partial charge in [-0.15, -0.1) is 0 Å². The maximum absolute atomic E-state index is 12.5. The van der Waals surface area contributed by atoms with Gasteiger partial charge in [0.1, 0.15) is 5.54 Å². The summed E-state index contributed by atoms with van der Waals surface area (Å²) < 4.78 is 5.30. The molecule has 2 saturated heterocycles. The maximum atomic E-state index is 12.5. The number of rotatable bonds is 4. The van der Waals surface area contributed by atoms with Crippen molar-refractivity contribution in [1.29, 1.82) is 0 Å². The van der Waals surface area contributed by atoms with Gasteiger partial charge in [-0.3, -0.25) is 4.90 Å². The van der Waals surface area contributed by atoms with Gasteiger partial charge in [0, 0.05) is 33.2 Å². The Hall–Kier alpha value is -1.34. The number of ether oxygens (including phenoxy) is 1. The summed E-state index contributed by atoms with van der Waals surface area (Å²) in [6, 6.07) is -0.243. The van der Waals surface area contributed by atoms with Crippen molar-refractivity contribution < 1.29 is 19.4 Å². The number of hydrogen-bond acceptors (Lipinski definition) is 5. The molecule has 2 amide bonds. The SMILES string of the molecule is CN1C(=O)N(CCN2CCOCC2)CC1(C(=O)[O-])C(C)(C)C. The standard InChI is InChI=1S/C15H27N3O4/c1-14(2,3)15(12(19)20)11-18(13(21)16(15)4)6-5-17-7-9-22-10-8-17/h5-11H2,1-4H3,(H,19,20)/p-1. The van der Waals surface area contributed by atoms with E-state index in [1.807, 2.05) is 20.8 Å². The molecule has 2 fully saturated rings. The van der Waals surface area contributed by atoms with Crippen molar-refractivity contribution in [2.45, 2.75) is 26.3 Å². The second kappa shape index (κ2) is 6.04. The molecule has 22 heavy (non-hydrogen) atoms. The van der Waals surface area contributed by atoms with Crippen LogP contribution in [0.3, 0.4) is 0 Å². The van der Waals surface area contributed by atoms with Crippen molar-refractivity contribution in [3.8, 4) is 0 Å². The zero-order chi connectivity index (χ0) is 16.5. The lowest BCUT2D eigenvalue weighted by Gasteiger charge is -2.46. The number of hydrogen-bond donors (Lipinski definition) is 0. The number of urea groups is 1. The van der Waals surface area contributed by atoms with Crippen molar-refractivity contribution >= 4 is 12.0 Å².